The van der Waals surface area contributed by atoms with E-state index in [0.717, 1.165) is 49.7 Å². The Morgan fingerprint density at radius 3 is 1.49 bits per heavy atom. The number of aryl methyl sites for hydroxylation is 2. The van der Waals surface area contributed by atoms with Crippen molar-refractivity contribution in [2.45, 2.75) is 146 Å². The van der Waals surface area contributed by atoms with E-state index >= 15 is 0 Å². The molecular formula is C49H66Cl2N8O6. The van der Waals surface area contributed by atoms with Gasteiger partial charge in [0, 0.05) is 25.9 Å². The molecule has 16 heteroatoms. The van der Waals surface area contributed by atoms with Gasteiger partial charge < -0.3 is 41.7 Å². The first-order valence-electron chi connectivity index (χ1n) is 22.8. The molecule has 2 aliphatic heterocycles. The van der Waals surface area contributed by atoms with E-state index in [-0.39, 0.29) is 79.3 Å². The highest BCUT2D eigenvalue weighted by Crippen LogP contribution is 2.32. The van der Waals surface area contributed by atoms with Crippen LogP contribution in [0.15, 0.2) is 48.5 Å². The predicted octanol–water partition coefficient (Wildman–Crippen LogP) is 3.56. The van der Waals surface area contributed by atoms with Crippen LogP contribution in [0.4, 0.5) is 0 Å². The van der Waals surface area contributed by atoms with Crippen molar-refractivity contribution in [1.29, 1.82) is 0 Å². The van der Waals surface area contributed by atoms with Gasteiger partial charge in [0.2, 0.25) is 35.4 Å². The van der Waals surface area contributed by atoms with Crippen LogP contribution in [0.3, 0.4) is 0 Å². The Morgan fingerprint density at radius 1 is 0.615 bits per heavy atom. The van der Waals surface area contributed by atoms with Crippen LogP contribution in [0.5, 0.6) is 0 Å². The summed E-state index contributed by atoms with van der Waals surface area (Å²) in [6, 6.07) is 11.5. The second kappa shape index (κ2) is 25.5. The summed E-state index contributed by atoms with van der Waals surface area (Å²) in [5.74, 6) is 9.48. The number of fused-ring (bicyclic) bond motifs is 2. The normalized spacial score (nSPS) is 21.3. The molecule has 0 saturated carbocycles. The highest BCUT2D eigenvalue weighted by Gasteiger charge is 2.40. The van der Waals surface area contributed by atoms with Gasteiger partial charge in [-0.3, -0.25) is 28.8 Å². The van der Waals surface area contributed by atoms with E-state index in [9.17, 15) is 28.8 Å². The van der Waals surface area contributed by atoms with Gasteiger partial charge in [-0.15, -0.1) is 24.8 Å². The Hall–Kier alpha value is -5.12. The molecule has 6 amide bonds. The lowest BCUT2D eigenvalue weighted by Gasteiger charge is -2.31. The molecule has 2 aliphatic carbocycles. The van der Waals surface area contributed by atoms with E-state index in [1.165, 1.54) is 11.1 Å². The summed E-state index contributed by atoms with van der Waals surface area (Å²) in [5.41, 5.74) is 4.68. The van der Waals surface area contributed by atoms with Crippen molar-refractivity contribution < 1.29 is 28.8 Å². The van der Waals surface area contributed by atoms with Crippen LogP contribution < -0.4 is 31.9 Å². The molecule has 2 heterocycles. The van der Waals surface area contributed by atoms with Gasteiger partial charge in [0.15, 0.2) is 0 Å². The highest BCUT2D eigenvalue weighted by molar-refractivity contribution is 5.95. The largest absolute Gasteiger partial charge is 0.347 e. The first-order valence-corrected chi connectivity index (χ1v) is 22.8. The minimum atomic E-state index is -1.03. The fourth-order valence-electron chi connectivity index (χ4n) is 9.37. The summed E-state index contributed by atoms with van der Waals surface area (Å²) < 4.78 is 0. The van der Waals surface area contributed by atoms with Crippen molar-refractivity contribution >= 4 is 60.3 Å². The summed E-state index contributed by atoms with van der Waals surface area (Å²) in [7, 11) is 3.33. The lowest BCUT2D eigenvalue weighted by Crippen LogP contribution is -2.56. The van der Waals surface area contributed by atoms with E-state index in [1.807, 2.05) is 37.3 Å². The molecule has 4 aliphatic rings. The fraction of sp³-hybridized carbons (Fsp3) is 0.551. The number of likely N-dealkylation sites (N-methyl/N-ethyl adjacent to an activating group) is 2. The van der Waals surface area contributed by atoms with Crippen molar-refractivity contribution in [2.24, 2.45) is 0 Å². The zero-order valence-corrected chi connectivity index (χ0v) is 39.6. The van der Waals surface area contributed by atoms with Crippen LogP contribution in [0, 0.1) is 23.7 Å². The van der Waals surface area contributed by atoms with Gasteiger partial charge in [0.05, 0.1) is 24.2 Å². The summed E-state index contributed by atoms with van der Waals surface area (Å²) in [6.07, 6.45) is 8.21. The standard InChI is InChI=1S/C49H64N8O6.2ClH/c1-5-37(51-4)45(59)55-41(49(63)57-31-17-29-43(57)47(61)53-39-27-15-21-34-19-11-13-23-36(34)39)25-9-7-6-8-24-40(54-44(58)32(2)50-3)48(62)56-30-16-28-42(56)46(60)52-38-26-14-20-33-18-10-12-22-35(33)38;;/h10-13,18-19,22-23,32,37-43,50-51H,5,14-17,20-21,24-31H2,1-4H3,(H,52,60)(H,53,61)(H,54,58)(H,55,59);2*1H/t32-,37-,38+,39+,40-,41-,42-,43-;;/m0../s1. The second-order valence-electron chi connectivity index (χ2n) is 17.1. The van der Waals surface area contributed by atoms with Gasteiger partial charge >= 0.3 is 0 Å². The minimum Gasteiger partial charge on any atom is -0.347 e. The lowest BCUT2D eigenvalue weighted by atomic mass is 9.87. The maximum Gasteiger partial charge on any atom is 0.246 e. The molecule has 0 unspecified atom stereocenters. The van der Waals surface area contributed by atoms with E-state index in [4.69, 9.17) is 0 Å². The molecule has 2 aromatic rings. The average molecular weight is 934 g/mol. The molecule has 2 fully saturated rings. The van der Waals surface area contributed by atoms with Crippen LogP contribution >= 0.6 is 24.8 Å². The van der Waals surface area contributed by atoms with Gasteiger partial charge in [-0.05, 0) is 126 Å². The number of carbonyl (C=O) groups is 6. The van der Waals surface area contributed by atoms with E-state index < -0.39 is 42.2 Å². The van der Waals surface area contributed by atoms with Gasteiger partial charge in [-0.25, -0.2) is 0 Å². The number of amides is 6. The quantitative estimate of drug-likeness (QED) is 0.147. The van der Waals surface area contributed by atoms with Crippen molar-refractivity contribution in [3.63, 3.8) is 0 Å². The van der Waals surface area contributed by atoms with E-state index in [0.29, 0.717) is 45.2 Å². The third kappa shape index (κ3) is 13.3. The fourth-order valence-corrected chi connectivity index (χ4v) is 9.37. The zero-order valence-electron chi connectivity index (χ0n) is 38.0. The molecule has 352 valence electrons. The number of nitrogens with one attached hydrogen (secondary N) is 6. The number of likely N-dealkylation sites (tertiary alicyclic amines) is 2. The molecule has 8 atom stereocenters. The average Bonchev–Trinajstić information content (AvgIpc) is 4.01. The molecule has 65 heavy (non-hydrogen) atoms. The first kappa shape index (κ1) is 52.5. The number of halogens is 2. The number of carbonyl (C=O) groups excluding carboxylic acids is 6. The zero-order chi connectivity index (χ0) is 44.9. The molecule has 2 saturated heterocycles. The Labute approximate surface area is 396 Å². The molecule has 0 bridgehead atoms. The SMILES string of the molecule is CC[C@H](NC)C(=O)N[C@@H](CC#CC#CC[C@H](NC(=O)[C@H](C)NC)C(=O)N1CCC[C@H]1C(=O)N[C@@H]1CCCc2ccccc21)C(=O)N1CCC[C@H]1C(=O)N[C@@H]1CCCc2ccccc21.Cl.Cl. The number of hydrogen-bond donors (Lipinski definition) is 6. The Morgan fingerprint density at radius 2 is 1.06 bits per heavy atom. The van der Waals surface area contributed by atoms with Crippen molar-refractivity contribution in [1.82, 2.24) is 41.7 Å². The van der Waals surface area contributed by atoms with Gasteiger partial charge in [0.1, 0.15) is 24.2 Å². The topological polar surface area (TPSA) is 181 Å². The third-order valence-corrected chi connectivity index (χ3v) is 13.0. The Bertz CT molecular complexity index is 2130. The molecule has 14 nitrogen and oxygen atoms in total. The molecule has 6 N–H and O–H groups in total. The summed E-state index contributed by atoms with van der Waals surface area (Å²) >= 11 is 0. The Kier molecular flexibility index (Phi) is 20.6. The predicted molar refractivity (Wildman–Crippen MR) is 255 cm³/mol. The second-order valence-corrected chi connectivity index (χ2v) is 17.1. The minimum absolute atomic E-state index is 0. The number of hydrogen-bond acceptors (Lipinski definition) is 8. The van der Waals surface area contributed by atoms with Crippen molar-refractivity contribution in [3.05, 3.63) is 70.8 Å². The van der Waals surface area contributed by atoms with Gasteiger partial charge in [-0.1, -0.05) is 67.3 Å². The van der Waals surface area contributed by atoms with Crippen LogP contribution in [-0.2, 0) is 41.6 Å². The van der Waals surface area contributed by atoms with Crippen LogP contribution in [0.1, 0.15) is 119 Å². The van der Waals surface area contributed by atoms with Crippen LogP contribution in [0.2, 0.25) is 0 Å². The molecule has 0 radical (unpaired) electrons. The molecular weight excluding hydrogens is 867 g/mol. The van der Waals surface area contributed by atoms with Crippen molar-refractivity contribution in [3.8, 4) is 23.7 Å². The molecule has 0 aromatic heterocycles. The smallest absolute Gasteiger partial charge is 0.246 e. The first-order chi connectivity index (χ1) is 30.5. The molecule has 2 aromatic carbocycles. The molecule has 6 rings (SSSR count). The van der Waals surface area contributed by atoms with Gasteiger partial charge in [-0.2, -0.15) is 0 Å². The lowest BCUT2D eigenvalue weighted by molar-refractivity contribution is -0.141. The summed E-state index contributed by atoms with van der Waals surface area (Å²) in [5, 5.41) is 18.0. The number of rotatable bonds is 15. The van der Waals surface area contributed by atoms with E-state index in [1.54, 1.807) is 30.8 Å². The van der Waals surface area contributed by atoms with Crippen LogP contribution in [0.25, 0.3) is 0 Å². The number of nitrogens with zero attached hydrogens (tertiary/aromatic N) is 2. The van der Waals surface area contributed by atoms with Crippen LogP contribution in [-0.4, -0.2) is 109 Å². The monoisotopic (exact) mass is 932 g/mol. The summed E-state index contributed by atoms with van der Waals surface area (Å²) in [6.45, 7) is 4.31. The van der Waals surface area contributed by atoms with E-state index in [2.05, 4.69) is 73.8 Å². The Balaban J connectivity index is 0.00000462. The third-order valence-electron chi connectivity index (χ3n) is 13.0. The maximum atomic E-state index is 14.2. The van der Waals surface area contributed by atoms with Gasteiger partial charge in [0.25, 0.3) is 0 Å². The maximum absolute atomic E-state index is 14.2. The molecule has 0 spiro atoms. The number of benzene rings is 2. The highest BCUT2D eigenvalue weighted by atomic mass is 35.5. The van der Waals surface area contributed by atoms with Crippen molar-refractivity contribution in [2.75, 3.05) is 27.2 Å². The summed E-state index contributed by atoms with van der Waals surface area (Å²) in [4.78, 5) is 85.4.